The van der Waals surface area contributed by atoms with Crippen LogP contribution in [0.1, 0.15) is 36.0 Å². The van der Waals surface area contributed by atoms with E-state index in [-0.39, 0.29) is 10.6 Å². The molecule has 3 nitrogen and oxygen atoms in total. The monoisotopic (exact) mass is 299 g/mol. The summed E-state index contributed by atoms with van der Waals surface area (Å²) in [6.07, 6.45) is 7.08. The second kappa shape index (κ2) is 6.53. The number of carboxylic acid groups (broad SMARTS) is 1. The van der Waals surface area contributed by atoms with Crippen LogP contribution in [-0.2, 0) is 0 Å². The number of aromatic carboxylic acids is 1. The van der Waals surface area contributed by atoms with Crippen molar-refractivity contribution in [3.8, 4) is 0 Å². The predicted octanol–water partition coefficient (Wildman–Crippen LogP) is 4.12. The summed E-state index contributed by atoms with van der Waals surface area (Å²) in [5, 5.41) is 13.3. The van der Waals surface area contributed by atoms with Gasteiger partial charge in [0.15, 0.2) is 0 Å². The van der Waals surface area contributed by atoms with Crippen LogP contribution in [0, 0.1) is 0 Å². The Bertz CT molecular complexity index is 467. The van der Waals surface area contributed by atoms with E-state index in [9.17, 15) is 4.79 Å². The van der Waals surface area contributed by atoms with E-state index in [1.54, 1.807) is 18.2 Å². The van der Waals surface area contributed by atoms with Crippen molar-refractivity contribution < 1.29 is 9.90 Å². The minimum atomic E-state index is -0.990. The lowest BCUT2D eigenvalue weighted by molar-refractivity contribution is 0.0697. The molecule has 1 aliphatic carbocycles. The predicted molar refractivity (Wildman–Crippen MR) is 81.6 cm³/mol. The topological polar surface area (TPSA) is 49.3 Å². The van der Waals surface area contributed by atoms with Gasteiger partial charge in [-0.1, -0.05) is 24.4 Å². The fourth-order valence-electron chi connectivity index (χ4n) is 2.54. The SMILES string of the molecule is CSC1CCCCC1Nc1ccc(C(=O)O)c(Cl)c1. The van der Waals surface area contributed by atoms with Crippen molar-refractivity contribution in [1.82, 2.24) is 0 Å². The standard InChI is InChI=1S/C14H18ClNO2S/c1-19-13-5-3-2-4-12(13)16-9-6-7-10(14(17)18)11(15)8-9/h6-8,12-13,16H,2-5H2,1H3,(H,17,18). The molecule has 0 radical (unpaired) electrons. The molecule has 2 rings (SSSR count). The molecule has 1 aliphatic rings. The van der Waals surface area contributed by atoms with Crippen molar-refractivity contribution >= 4 is 35.0 Å². The lowest BCUT2D eigenvalue weighted by Gasteiger charge is -2.31. The maximum absolute atomic E-state index is 10.9. The smallest absolute Gasteiger partial charge is 0.337 e. The number of anilines is 1. The fourth-order valence-corrected chi connectivity index (χ4v) is 3.73. The van der Waals surface area contributed by atoms with E-state index >= 15 is 0 Å². The highest BCUT2D eigenvalue weighted by atomic mass is 35.5. The molecule has 1 aromatic rings. The van der Waals surface area contributed by atoms with Crippen LogP contribution in [0.5, 0.6) is 0 Å². The molecule has 0 aliphatic heterocycles. The molecule has 0 heterocycles. The first-order chi connectivity index (χ1) is 9.11. The summed E-state index contributed by atoms with van der Waals surface area (Å²) in [6, 6.07) is 5.50. The Hall–Kier alpha value is -0.870. The highest BCUT2D eigenvalue weighted by Gasteiger charge is 2.24. The van der Waals surface area contributed by atoms with E-state index < -0.39 is 5.97 Å². The molecular formula is C14H18ClNO2S. The van der Waals surface area contributed by atoms with Gasteiger partial charge >= 0.3 is 5.97 Å². The van der Waals surface area contributed by atoms with Gasteiger partial charge in [-0.25, -0.2) is 4.79 Å². The molecule has 0 saturated heterocycles. The molecule has 0 amide bonds. The summed E-state index contributed by atoms with van der Waals surface area (Å²) in [7, 11) is 0. The quantitative estimate of drug-likeness (QED) is 0.878. The van der Waals surface area contributed by atoms with Gasteiger partial charge in [0.1, 0.15) is 0 Å². The van der Waals surface area contributed by atoms with Gasteiger partial charge in [-0.15, -0.1) is 0 Å². The van der Waals surface area contributed by atoms with Crippen LogP contribution >= 0.6 is 23.4 Å². The normalized spacial score (nSPS) is 23.1. The molecule has 104 valence electrons. The Balaban J connectivity index is 2.10. The molecule has 2 N–H and O–H groups in total. The van der Waals surface area contributed by atoms with Crippen molar-refractivity contribution in [2.45, 2.75) is 37.0 Å². The van der Waals surface area contributed by atoms with Crippen LogP contribution in [0.2, 0.25) is 5.02 Å². The number of hydrogen-bond donors (Lipinski definition) is 2. The van der Waals surface area contributed by atoms with Crippen LogP contribution in [0.3, 0.4) is 0 Å². The Morgan fingerprint density at radius 1 is 1.42 bits per heavy atom. The van der Waals surface area contributed by atoms with Crippen LogP contribution in [0.15, 0.2) is 18.2 Å². The maximum atomic E-state index is 10.9. The third-order valence-corrected chi connectivity index (χ3v) is 5.04. The van der Waals surface area contributed by atoms with Gasteiger partial charge in [-0.2, -0.15) is 11.8 Å². The third-order valence-electron chi connectivity index (χ3n) is 3.56. The van der Waals surface area contributed by atoms with E-state index in [1.165, 1.54) is 19.3 Å². The fraction of sp³-hybridized carbons (Fsp3) is 0.500. The average molecular weight is 300 g/mol. The summed E-state index contributed by atoms with van der Waals surface area (Å²) in [6.45, 7) is 0. The number of halogens is 1. The zero-order valence-corrected chi connectivity index (χ0v) is 12.4. The number of carbonyl (C=O) groups is 1. The number of nitrogens with one attached hydrogen (secondary N) is 1. The molecule has 0 spiro atoms. The van der Waals surface area contributed by atoms with Gasteiger partial charge < -0.3 is 10.4 Å². The highest BCUT2D eigenvalue weighted by Crippen LogP contribution is 2.30. The molecular weight excluding hydrogens is 282 g/mol. The minimum absolute atomic E-state index is 0.150. The maximum Gasteiger partial charge on any atom is 0.337 e. The number of benzene rings is 1. The van der Waals surface area contributed by atoms with Crippen LogP contribution in [0.25, 0.3) is 0 Å². The Morgan fingerprint density at radius 3 is 2.79 bits per heavy atom. The summed E-state index contributed by atoms with van der Waals surface area (Å²) >= 11 is 7.88. The summed E-state index contributed by atoms with van der Waals surface area (Å²) in [4.78, 5) is 10.9. The molecule has 19 heavy (non-hydrogen) atoms. The number of rotatable bonds is 4. The molecule has 1 aromatic carbocycles. The summed E-state index contributed by atoms with van der Waals surface area (Å²) < 4.78 is 0. The van der Waals surface area contributed by atoms with Crippen molar-refractivity contribution in [2.75, 3.05) is 11.6 Å². The summed E-state index contributed by atoms with van der Waals surface area (Å²) in [5.74, 6) is -0.990. The largest absolute Gasteiger partial charge is 0.478 e. The van der Waals surface area contributed by atoms with Gasteiger partial charge in [-0.05, 0) is 37.3 Å². The molecule has 0 bridgehead atoms. The second-order valence-electron chi connectivity index (χ2n) is 4.81. The van der Waals surface area contributed by atoms with E-state index in [2.05, 4.69) is 11.6 Å². The first-order valence-corrected chi connectivity index (χ1v) is 8.10. The number of thioether (sulfide) groups is 1. The van der Waals surface area contributed by atoms with Crippen molar-refractivity contribution in [1.29, 1.82) is 0 Å². The summed E-state index contributed by atoms with van der Waals surface area (Å²) in [5.41, 5.74) is 1.05. The average Bonchev–Trinajstić information content (AvgIpc) is 2.39. The minimum Gasteiger partial charge on any atom is -0.478 e. The molecule has 5 heteroatoms. The molecule has 1 fully saturated rings. The second-order valence-corrected chi connectivity index (χ2v) is 6.29. The molecule has 1 saturated carbocycles. The highest BCUT2D eigenvalue weighted by molar-refractivity contribution is 7.99. The Kier molecular flexibility index (Phi) is 4.99. The first-order valence-electron chi connectivity index (χ1n) is 6.44. The van der Waals surface area contributed by atoms with Crippen LogP contribution in [-0.4, -0.2) is 28.6 Å². The molecule has 2 atom stereocenters. The van der Waals surface area contributed by atoms with Gasteiger partial charge in [-0.3, -0.25) is 0 Å². The number of hydrogen-bond acceptors (Lipinski definition) is 3. The van der Waals surface area contributed by atoms with E-state index in [1.807, 2.05) is 11.8 Å². The third kappa shape index (κ3) is 3.57. The molecule has 2 unspecified atom stereocenters. The van der Waals surface area contributed by atoms with Crippen molar-refractivity contribution in [2.24, 2.45) is 0 Å². The Morgan fingerprint density at radius 2 is 2.16 bits per heavy atom. The first kappa shape index (κ1) is 14.5. The lowest BCUT2D eigenvalue weighted by Crippen LogP contribution is -2.34. The zero-order chi connectivity index (χ0) is 13.8. The van der Waals surface area contributed by atoms with Gasteiger partial charge in [0.05, 0.1) is 10.6 Å². The van der Waals surface area contributed by atoms with Gasteiger partial charge in [0.2, 0.25) is 0 Å². The van der Waals surface area contributed by atoms with E-state index in [4.69, 9.17) is 16.7 Å². The zero-order valence-electron chi connectivity index (χ0n) is 10.9. The van der Waals surface area contributed by atoms with E-state index in [0.29, 0.717) is 11.3 Å². The molecule has 0 aromatic heterocycles. The van der Waals surface area contributed by atoms with Crippen LogP contribution in [0.4, 0.5) is 5.69 Å². The number of carboxylic acids is 1. The van der Waals surface area contributed by atoms with E-state index in [0.717, 1.165) is 12.1 Å². The Labute approximate surface area is 122 Å². The van der Waals surface area contributed by atoms with Crippen LogP contribution < -0.4 is 5.32 Å². The van der Waals surface area contributed by atoms with Crippen molar-refractivity contribution in [3.05, 3.63) is 28.8 Å². The van der Waals surface area contributed by atoms with Gasteiger partial charge in [0.25, 0.3) is 0 Å². The lowest BCUT2D eigenvalue weighted by atomic mass is 9.94. The van der Waals surface area contributed by atoms with Gasteiger partial charge in [0, 0.05) is 17.0 Å². The van der Waals surface area contributed by atoms with Crippen molar-refractivity contribution in [3.63, 3.8) is 0 Å².